The first-order valence-corrected chi connectivity index (χ1v) is 15.6. The van der Waals surface area contributed by atoms with Crippen LogP contribution in [0.2, 0.25) is 0 Å². The molecule has 0 bridgehead atoms. The van der Waals surface area contributed by atoms with E-state index in [1.165, 1.54) is 0 Å². The summed E-state index contributed by atoms with van der Waals surface area (Å²) >= 11 is 11.6. The maximum absolute atomic E-state index is 13.1. The van der Waals surface area contributed by atoms with Gasteiger partial charge in [-0.3, -0.25) is 9.59 Å². The van der Waals surface area contributed by atoms with Crippen molar-refractivity contribution < 1.29 is 19.1 Å². The highest BCUT2D eigenvalue weighted by molar-refractivity contribution is 7.80. The third kappa shape index (κ3) is 7.26. The van der Waals surface area contributed by atoms with E-state index in [4.69, 9.17) is 33.9 Å². The zero-order chi connectivity index (χ0) is 31.1. The lowest BCUT2D eigenvalue weighted by molar-refractivity contribution is -0.163. The van der Waals surface area contributed by atoms with Crippen molar-refractivity contribution in [3.8, 4) is 0 Å². The molecule has 4 aromatic carbocycles. The summed E-state index contributed by atoms with van der Waals surface area (Å²) < 4.78 is 10.8. The fourth-order valence-corrected chi connectivity index (χ4v) is 6.39. The molecule has 0 radical (unpaired) electrons. The van der Waals surface area contributed by atoms with Gasteiger partial charge in [0.15, 0.2) is 10.2 Å². The van der Waals surface area contributed by atoms with Gasteiger partial charge in [0, 0.05) is 34.2 Å². The van der Waals surface area contributed by atoms with Crippen LogP contribution in [0.3, 0.4) is 0 Å². The first-order valence-electron chi connectivity index (χ1n) is 14.8. The number of benzene rings is 4. The van der Waals surface area contributed by atoms with Gasteiger partial charge in [-0.15, -0.1) is 0 Å². The Balaban J connectivity index is 1.39. The van der Waals surface area contributed by atoms with Crippen molar-refractivity contribution in [2.45, 2.75) is 38.8 Å². The van der Waals surface area contributed by atoms with Crippen LogP contribution in [0.25, 0.3) is 21.5 Å². The Bertz CT molecular complexity index is 1550. The van der Waals surface area contributed by atoms with E-state index in [0.717, 1.165) is 32.9 Å². The summed E-state index contributed by atoms with van der Waals surface area (Å²) in [5, 5.41) is 18.5. The molecular weight excluding hydrogens is 593 g/mol. The van der Waals surface area contributed by atoms with Crippen LogP contribution in [-0.2, 0) is 19.1 Å². The molecule has 5 rings (SSSR count). The number of esters is 2. The van der Waals surface area contributed by atoms with Gasteiger partial charge in [0.25, 0.3) is 0 Å². The Kier molecular flexibility index (Phi) is 10.2. The number of carbonyl (C=O) groups is 2. The molecule has 8 nitrogen and oxygen atoms in total. The summed E-state index contributed by atoms with van der Waals surface area (Å²) in [7, 11) is 0. The molecule has 4 atom stereocenters. The van der Waals surface area contributed by atoms with Gasteiger partial charge in [0.2, 0.25) is 0 Å². The minimum Gasteiger partial charge on any atom is -0.466 e. The fraction of sp³-hybridized carbons (Fsp3) is 0.294. The molecule has 10 heteroatoms. The molecule has 44 heavy (non-hydrogen) atoms. The van der Waals surface area contributed by atoms with Crippen LogP contribution >= 0.6 is 24.4 Å². The summed E-state index contributed by atoms with van der Waals surface area (Å²) in [5.41, 5.74) is 1.72. The number of carbonyl (C=O) groups excluding carboxylic acids is 2. The second-order valence-electron chi connectivity index (χ2n) is 10.7. The highest BCUT2D eigenvalue weighted by atomic mass is 32.1. The van der Waals surface area contributed by atoms with Crippen LogP contribution in [0.15, 0.2) is 84.9 Å². The third-order valence-electron chi connectivity index (χ3n) is 7.87. The molecule has 1 fully saturated rings. The third-order valence-corrected chi connectivity index (χ3v) is 8.31. The largest absolute Gasteiger partial charge is 0.466 e. The number of nitrogens with one attached hydrogen (secondary N) is 4. The Morgan fingerprint density at radius 2 is 1.02 bits per heavy atom. The quantitative estimate of drug-likeness (QED) is 0.134. The summed E-state index contributed by atoms with van der Waals surface area (Å²) in [6, 6.07) is 27.3. The predicted octanol–water partition coefficient (Wildman–Crippen LogP) is 6.16. The standard InChI is InChI=1S/C34H36N4O4S2/c1-3-41-31(39)25-19-29(37-33(43)35-27-17-9-13-21-11-5-7-15-23(21)27)30(20-26(25)32(40)42-4-2)38-34(44)36-28-18-10-14-22-12-6-8-16-24(22)28/h5-18,25-26,29-30H,3-4,19-20H2,1-2H3,(H2,35,37,43)(H2,36,38,44)/t25-,26-,29-,30-/m0/s1. The summed E-state index contributed by atoms with van der Waals surface area (Å²) in [5.74, 6) is -2.27. The highest BCUT2D eigenvalue weighted by Gasteiger charge is 2.46. The van der Waals surface area contributed by atoms with E-state index in [0.29, 0.717) is 10.2 Å². The smallest absolute Gasteiger partial charge is 0.309 e. The number of ether oxygens (including phenoxy) is 2. The Morgan fingerprint density at radius 1 is 0.636 bits per heavy atom. The number of hydrogen-bond acceptors (Lipinski definition) is 6. The molecule has 0 spiro atoms. The van der Waals surface area contributed by atoms with Crippen LogP contribution in [-0.4, -0.2) is 47.5 Å². The number of fused-ring (bicyclic) bond motifs is 2. The van der Waals surface area contributed by atoms with Crippen LogP contribution in [0.5, 0.6) is 0 Å². The molecule has 1 aliphatic carbocycles. The van der Waals surface area contributed by atoms with Crippen LogP contribution in [0.4, 0.5) is 11.4 Å². The van der Waals surface area contributed by atoms with Gasteiger partial charge in [-0.1, -0.05) is 72.8 Å². The SMILES string of the molecule is CCOC(=O)[C@H]1C[C@H](NC(=S)Nc2cccc3ccccc23)[C@@H](NC(=S)Nc2cccc3ccccc23)C[C@@H]1C(=O)OCC. The molecule has 1 aliphatic rings. The van der Waals surface area contributed by atoms with Gasteiger partial charge < -0.3 is 30.7 Å². The fourth-order valence-electron chi connectivity index (χ4n) is 5.87. The van der Waals surface area contributed by atoms with Crippen molar-refractivity contribution in [1.82, 2.24) is 10.6 Å². The minimum absolute atomic E-state index is 0.213. The van der Waals surface area contributed by atoms with E-state index in [-0.39, 0.29) is 38.1 Å². The monoisotopic (exact) mass is 628 g/mol. The van der Waals surface area contributed by atoms with E-state index in [1.807, 2.05) is 84.9 Å². The zero-order valence-corrected chi connectivity index (χ0v) is 26.3. The molecule has 4 aromatic rings. The van der Waals surface area contributed by atoms with Crippen molar-refractivity contribution >= 4 is 79.5 Å². The van der Waals surface area contributed by atoms with Gasteiger partial charge in [0.1, 0.15) is 0 Å². The topological polar surface area (TPSA) is 101 Å². The van der Waals surface area contributed by atoms with Gasteiger partial charge in [-0.2, -0.15) is 0 Å². The van der Waals surface area contributed by atoms with Crippen LogP contribution < -0.4 is 21.3 Å². The van der Waals surface area contributed by atoms with Gasteiger partial charge in [0.05, 0.1) is 25.0 Å². The lowest BCUT2D eigenvalue weighted by Gasteiger charge is -2.40. The Labute approximate surface area is 267 Å². The summed E-state index contributed by atoms with van der Waals surface area (Å²) in [6.45, 7) is 3.93. The molecule has 0 heterocycles. The van der Waals surface area contributed by atoms with E-state index >= 15 is 0 Å². The highest BCUT2D eigenvalue weighted by Crippen LogP contribution is 2.34. The van der Waals surface area contributed by atoms with Crippen molar-refractivity contribution in [1.29, 1.82) is 0 Å². The van der Waals surface area contributed by atoms with E-state index in [1.54, 1.807) is 13.8 Å². The first-order chi connectivity index (χ1) is 21.4. The van der Waals surface area contributed by atoms with Crippen molar-refractivity contribution in [3.05, 3.63) is 84.9 Å². The van der Waals surface area contributed by atoms with Crippen LogP contribution in [0.1, 0.15) is 26.7 Å². The van der Waals surface area contributed by atoms with Crippen molar-refractivity contribution in [2.75, 3.05) is 23.8 Å². The van der Waals surface area contributed by atoms with E-state index < -0.39 is 23.8 Å². The number of hydrogen-bond donors (Lipinski definition) is 4. The summed E-state index contributed by atoms with van der Waals surface area (Å²) in [6.07, 6.45) is 0.572. The molecule has 228 valence electrons. The zero-order valence-electron chi connectivity index (χ0n) is 24.7. The maximum Gasteiger partial charge on any atom is 0.309 e. The maximum atomic E-state index is 13.1. The number of anilines is 2. The first kappa shape index (κ1) is 31.2. The van der Waals surface area contributed by atoms with Gasteiger partial charge in [-0.05, 0) is 74.0 Å². The van der Waals surface area contributed by atoms with Gasteiger partial charge in [-0.25, -0.2) is 0 Å². The average molecular weight is 629 g/mol. The molecule has 0 unspecified atom stereocenters. The molecule has 0 amide bonds. The van der Waals surface area contributed by atoms with Crippen molar-refractivity contribution in [2.24, 2.45) is 11.8 Å². The number of thiocarbonyl (C=S) groups is 2. The molecular formula is C34H36N4O4S2. The number of rotatable bonds is 8. The Morgan fingerprint density at radius 3 is 1.43 bits per heavy atom. The van der Waals surface area contributed by atoms with Gasteiger partial charge >= 0.3 is 11.9 Å². The predicted molar refractivity (Wildman–Crippen MR) is 184 cm³/mol. The normalized spacial score (nSPS) is 19.5. The lowest BCUT2D eigenvalue weighted by atomic mass is 9.74. The van der Waals surface area contributed by atoms with Crippen molar-refractivity contribution in [3.63, 3.8) is 0 Å². The lowest BCUT2D eigenvalue weighted by Crippen LogP contribution is -2.59. The molecule has 0 saturated heterocycles. The molecule has 0 aliphatic heterocycles. The second-order valence-corrected chi connectivity index (χ2v) is 11.5. The Hall–Kier alpha value is -4.28. The second kappa shape index (κ2) is 14.5. The van der Waals surface area contributed by atoms with E-state index in [2.05, 4.69) is 21.3 Å². The summed E-state index contributed by atoms with van der Waals surface area (Å²) in [4.78, 5) is 26.2. The van der Waals surface area contributed by atoms with Crippen LogP contribution in [0, 0.1) is 11.8 Å². The van der Waals surface area contributed by atoms with E-state index in [9.17, 15) is 9.59 Å². The molecule has 0 aromatic heterocycles. The molecule has 4 N–H and O–H groups in total. The minimum atomic E-state index is -0.704. The molecule has 1 saturated carbocycles. The average Bonchev–Trinajstić information content (AvgIpc) is 3.02.